The van der Waals surface area contributed by atoms with E-state index >= 15 is 0 Å². The molecule has 0 saturated heterocycles. The molecule has 0 heterocycles. The molecule has 0 N–H and O–H groups in total. The van der Waals surface area contributed by atoms with Crippen molar-refractivity contribution in [1.29, 1.82) is 0 Å². The van der Waals surface area contributed by atoms with Gasteiger partial charge in [0.25, 0.3) is 0 Å². The molecule has 0 aliphatic heterocycles. The molecule has 0 aliphatic carbocycles. The van der Waals surface area contributed by atoms with E-state index in [4.69, 9.17) is 0 Å². The van der Waals surface area contributed by atoms with Gasteiger partial charge in [-0.15, -0.1) is 0 Å². The molecule has 0 bridgehead atoms. The first-order valence-electron chi connectivity index (χ1n) is 4.59. The Hall–Kier alpha value is -1.11. The van der Waals surface area contributed by atoms with Crippen LogP contribution in [0.2, 0.25) is 0 Å². The quantitative estimate of drug-likeness (QED) is 0.657. The average molecular weight is 178 g/mol. The molecule has 1 aromatic rings. The summed E-state index contributed by atoms with van der Waals surface area (Å²) in [5.74, 6) is -0.183. The Labute approximate surface area is 79.1 Å². The molecule has 0 atom stereocenters. The van der Waals surface area contributed by atoms with Crippen LogP contribution >= 0.6 is 0 Å². The molecule has 0 radical (unpaired) electrons. The summed E-state index contributed by atoms with van der Waals surface area (Å²) < 4.78 is 12.9. The van der Waals surface area contributed by atoms with Gasteiger partial charge in [0.1, 0.15) is 5.82 Å². The van der Waals surface area contributed by atoms with Gasteiger partial charge in [-0.25, -0.2) is 4.39 Å². The molecule has 0 unspecified atom stereocenters. The predicted octanol–water partition coefficient (Wildman–Crippen LogP) is 3.95. The van der Waals surface area contributed by atoms with Crippen molar-refractivity contribution < 1.29 is 4.39 Å². The van der Waals surface area contributed by atoms with Crippen molar-refractivity contribution in [2.24, 2.45) is 0 Å². The minimum absolute atomic E-state index is 0.183. The first-order chi connectivity index (χ1) is 6.15. The third-order valence-electron chi connectivity index (χ3n) is 2.13. The lowest BCUT2D eigenvalue weighted by molar-refractivity contribution is 0.626. The standard InChI is InChI=1S/C12H15F/c1-4-5-9(2)12-8-11(13)7-6-10(12)3/h6-8H,2,4-5H2,1,3H3. The summed E-state index contributed by atoms with van der Waals surface area (Å²) in [5, 5.41) is 0. The van der Waals surface area contributed by atoms with Gasteiger partial charge in [-0.3, -0.25) is 0 Å². The van der Waals surface area contributed by atoms with Gasteiger partial charge in [-0.2, -0.15) is 0 Å². The molecule has 0 spiro atoms. The Bertz CT molecular complexity index is 313. The van der Waals surface area contributed by atoms with Gasteiger partial charge >= 0.3 is 0 Å². The number of allylic oxidation sites excluding steroid dienone is 1. The maximum Gasteiger partial charge on any atom is 0.123 e. The van der Waals surface area contributed by atoms with Crippen molar-refractivity contribution in [2.45, 2.75) is 26.7 Å². The normalized spacial score (nSPS) is 10.1. The van der Waals surface area contributed by atoms with Gasteiger partial charge in [-0.1, -0.05) is 26.0 Å². The van der Waals surface area contributed by atoms with Crippen LogP contribution in [0.4, 0.5) is 4.39 Å². The Kier molecular flexibility index (Phi) is 3.24. The summed E-state index contributed by atoms with van der Waals surface area (Å²) in [6.07, 6.45) is 1.99. The Morgan fingerprint density at radius 1 is 1.46 bits per heavy atom. The van der Waals surface area contributed by atoms with Crippen molar-refractivity contribution in [3.05, 3.63) is 41.7 Å². The SMILES string of the molecule is C=C(CCC)c1cc(F)ccc1C. The van der Waals surface area contributed by atoms with E-state index in [1.165, 1.54) is 6.07 Å². The van der Waals surface area contributed by atoms with E-state index in [0.717, 1.165) is 29.5 Å². The first kappa shape index (κ1) is 9.97. The molecular weight excluding hydrogens is 163 g/mol. The van der Waals surface area contributed by atoms with Gasteiger partial charge in [0, 0.05) is 0 Å². The fraction of sp³-hybridized carbons (Fsp3) is 0.333. The van der Waals surface area contributed by atoms with E-state index < -0.39 is 0 Å². The van der Waals surface area contributed by atoms with Crippen LogP contribution in [0.15, 0.2) is 24.8 Å². The summed E-state index contributed by atoms with van der Waals surface area (Å²) in [4.78, 5) is 0. The van der Waals surface area contributed by atoms with Gasteiger partial charge in [-0.05, 0) is 42.2 Å². The lowest BCUT2D eigenvalue weighted by Crippen LogP contribution is -1.89. The molecule has 1 heteroatoms. The van der Waals surface area contributed by atoms with Gasteiger partial charge < -0.3 is 0 Å². The van der Waals surface area contributed by atoms with Crippen LogP contribution in [0.25, 0.3) is 5.57 Å². The lowest BCUT2D eigenvalue weighted by atomic mass is 9.98. The molecule has 0 fully saturated rings. The molecule has 0 amide bonds. The van der Waals surface area contributed by atoms with Crippen LogP contribution in [-0.2, 0) is 0 Å². The highest BCUT2D eigenvalue weighted by Gasteiger charge is 2.03. The van der Waals surface area contributed by atoms with Crippen molar-refractivity contribution in [1.82, 2.24) is 0 Å². The summed E-state index contributed by atoms with van der Waals surface area (Å²) in [6.45, 7) is 8.03. The molecule has 0 saturated carbocycles. The number of benzene rings is 1. The van der Waals surface area contributed by atoms with E-state index in [-0.39, 0.29) is 5.82 Å². The fourth-order valence-electron chi connectivity index (χ4n) is 1.41. The monoisotopic (exact) mass is 178 g/mol. The molecule has 1 rings (SSSR count). The summed E-state index contributed by atoms with van der Waals surface area (Å²) in [6, 6.07) is 4.84. The van der Waals surface area contributed by atoms with Crippen molar-refractivity contribution in [3.8, 4) is 0 Å². The highest BCUT2D eigenvalue weighted by atomic mass is 19.1. The second-order valence-electron chi connectivity index (χ2n) is 3.31. The zero-order valence-electron chi connectivity index (χ0n) is 8.23. The second-order valence-corrected chi connectivity index (χ2v) is 3.31. The summed E-state index contributed by atoms with van der Waals surface area (Å²) in [5.41, 5.74) is 3.08. The highest BCUT2D eigenvalue weighted by molar-refractivity contribution is 5.66. The highest BCUT2D eigenvalue weighted by Crippen LogP contribution is 2.22. The minimum atomic E-state index is -0.183. The smallest absolute Gasteiger partial charge is 0.123 e. The number of halogens is 1. The third-order valence-corrected chi connectivity index (χ3v) is 2.13. The molecular formula is C12H15F. The van der Waals surface area contributed by atoms with Crippen molar-refractivity contribution in [2.75, 3.05) is 0 Å². The number of hydrogen-bond acceptors (Lipinski definition) is 0. The lowest BCUT2D eigenvalue weighted by Gasteiger charge is -2.07. The molecule has 0 nitrogen and oxygen atoms in total. The van der Waals surface area contributed by atoms with Crippen LogP contribution < -0.4 is 0 Å². The van der Waals surface area contributed by atoms with E-state index in [1.54, 1.807) is 12.1 Å². The predicted molar refractivity (Wildman–Crippen MR) is 55.1 cm³/mol. The van der Waals surface area contributed by atoms with Crippen LogP contribution in [-0.4, -0.2) is 0 Å². The molecule has 0 aliphatic rings. The third kappa shape index (κ3) is 2.41. The van der Waals surface area contributed by atoms with Gasteiger partial charge in [0.05, 0.1) is 0 Å². The summed E-state index contributed by atoms with van der Waals surface area (Å²) >= 11 is 0. The topological polar surface area (TPSA) is 0 Å². The molecule has 13 heavy (non-hydrogen) atoms. The van der Waals surface area contributed by atoms with Crippen LogP contribution in [0.5, 0.6) is 0 Å². The van der Waals surface area contributed by atoms with Crippen LogP contribution in [0.1, 0.15) is 30.9 Å². The van der Waals surface area contributed by atoms with Gasteiger partial charge in [0.15, 0.2) is 0 Å². The number of aryl methyl sites for hydroxylation is 1. The minimum Gasteiger partial charge on any atom is -0.207 e. The van der Waals surface area contributed by atoms with Crippen LogP contribution in [0.3, 0.4) is 0 Å². The van der Waals surface area contributed by atoms with E-state index in [2.05, 4.69) is 13.5 Å². The molecule has 0 aromatic heterocycles. The Morgan fingerprint density at radius 2 is 2.15 bits per heavy atom. The maximum absolute atomic E-state index is 12.9. The largest absolute Gasteiger partial charge is 0.207 e. The Morgan fingerprint density at radius 3 is 2.77 bits per heavy atom. The van der Waals surface area contributed by atoms with Crippen molar-refractivity contribution in [3.63, 3.8) is 0 Å². The summed E-state index contributed by atoms with van der Waals surface area (Å²) in [7, 11) is 0. The fourth-order valence-corrected chi connectivity index (χ4v) is 1.41. The van der Waals surface area contributed by atoms with Crippen molar-refractivity contribution >= 4 is 5.57 Å². The zero-order chi connectivity index (χ0) is 9.84. The molecule has 1 aromatic carbocycles. The van der Waals surface area contributed by atoms with E-state index in [9.17, 15) is 4.39 Å². The number of hydrogen-bond donors (Lipinski definition) is 0. The van der Waals surface area contributed by atoms with E-state index in [0.29, 0.717) is 0 Å². The molecule has 70 valence electrons. The van der Waals surface area contributed by atoms with E-state index in [1.807, 2.05) is 6.92 Å². The van der Waals surface area contributed by atoms with Gasteiger partial charge in [0.2, 0.25) is 0 Å². The first-order valence-corrected chi connectivity index (χ1v) is 4.59. The Balaban J connectivity index is 2.99. The maximum atomic E-state index is 12.9. The average Bonchev–Trinajstić information content (AvgIpc) is 2.09. The second kappa shape index (κ2) is 4.22. The number of rotatable bonds is 3. The zero-order valence-corrected chi connectivity index (χ0v) is 8.23. The van der Waals surface area contributed by atoms with Crippen LogP contribution in [0, 0.1) is 12.7 Å².